The number of benzene rings is 3. The predicted octanol–water partition coefficient (Wildman–Crippen LogP) is 5.58. The fourth-order valence-electron chi connectivity index (χ4n) is 3.93. The molecule has 0 unspecified atom stereocenters. The van der Waals surface area contributed by atoms with E-state index in [0.29, 0.717) is 34.7 Å². The van der Waals surface area contributed by atoms with Crippen molar-refractivity contribution in [1.82, 2.24) is 5.32 Å². The Labute approximate surface area is 239 Å². The molecule has 3 aromatic rings. The number of hydrogen-bond donors (Lipinski definition) is 1. The molecule has 10 heteroatoms. The maximum Gasteiger partial charge on any atom is 0.338 e. The van der Waals surface area contributed by atoms with E-state index in [2.05, 4.69) is 21.2 Å². The van der Waals surface area contributed by atoms with Crippen molar-refractivity contribution in [3.05, 3.63) is 93.0 Å². The highest BCUT2D eigenvalue weighted by Gasteiger charge is 2.37. The standard InChI is InChI=1S/C30H27BrN2O7/c1-4-38-25-16-20(15-24(31)26(25)40-17-19-8-6-18(3)7-9-19)14-23-27(34)32-30(37)33(28(23)35)22-12-10-21(11-13-22)29(36)39-5-2/h6-16H,4-5,17H2,1-3H3,(H,32,34,37)/b23-14+. The lowest BCUT2D eigenvalue weighted by atomic mass is 10.1. The first-order valence-electron chi connectivity index (χ1n) is 12.5. The lowest BCUT2D eigenvalue weighted by Crippen LogP contribution is -2.54. The number of anilines is 1. The van der Waals surface area contributed by atoms with Gasteiger partial charge in [-0.3, -0.25) is 14.9 Å². The van der Waals surface area contributed by atoms with Gasteiger partial charge in [-0.2, -0.15) is 0 Å². The number of carbonyl (C=O) groups excluding carboxylic acids is 4. The molecule has 1 aliphatic rings. The highest BCUT2D eigenvalue weighted by molar-refractivity contribution is 9.10. The Balaban J connectivity index is 1.62. The van der Waals surface area contributed by atoms with Crippen LogP contribution in [-0.2, 0) is 20.9 Å². The number of carbonyl (C=O) groups is 4. The van der Waals surface area contributed by atoms with Crippen molar-refractivity contribution in [2.24, 2.45) is 0 Å². The van der Waals surface area contributed by atoms with E-state index in [1.54, 1.807) is 19.1 Å². The summed E-state index contributed by atoms with van der Waals surface area (Å²) in [6, 6.07) is 16.2. The number of halogens is 1. The molecule has 0 aliphatic carbocycles. The van der Waals surface area contributed by atoms with Crippen LogP contribution in [0.15, 0.2) is 70.7 Å². The molecule has 3 aromatic carbocycles. The Kier molecular flexibility index (Phi) is 9.00. The fourth-order valence-corrected chi connectivity index (χ4v) is 4.51. The van der Waals surface area contributed by atoms with Crippen LogP contribution >= 0.6 is 15.9 Å². The molecule has 1 aliphatic heterocycles. The first-order valence-corrected chi connectivity index (χ1v) is 13.3. The zero-order valence-electron chi connectivity index (χ0n) is 22.2. The van der Waals surface area contributed by atoms with Crippen LogP contribution in [0, 0.1) is 6.92 Å². The first kappa shape index (κ1) is 28.6. The van der Waals surface area contributed by atoms with Crippen molar-refractivity contribution >= 4 is 51.5 Å². The summed E-state index contributed by atoms with van der Waals surface area (Å²) < 4.78 is 17.4. The molecule has 4 amide bonds. The fraction of sp³-hybridized carbons (Fsp3) is 0.200. The summed E-state index contributed by atoms with van der Waals surface area (Å²) >= 11 is 3.51. The second kappa shape index (κ2) is 12.6. The number of nitrogens with one attached hydrogen (secondary N) is 1. The minimum atomic E-state index is -0.896. The smallest absolute Gasteiger partial charge is 0.338 e. The summed E-state index contributed by atoms with van der Waals surface area (Å²) in [5, 5.41) is 2.19. The first-order chi connectivity index (χ1) is 19.2. The molecular formula is C30H27BrN2O7. The van der Waals surface area contributed by atoms with E-state index >= 15 is 0 Å². The molecule has 0 aromatic heterocycles. The van der Waals surface area contributed by atoms with Gasteiger partial charge < -0.3 is 14.2 Å². The molecule has 0 bridgehead atoms. The van der Waals surface area contributed by atoms with Crippen LogP contribution in [0.25, 0.3) is 6.08 Å². The van der Waals surface area contributed by atoms with Gasteiger partial charge in [0.25, 0.3) is 11.8 Å². The van der Waals surface area contributed by atoms with Crippen LogP contribution in [0.5, 0.6) is 11.5 Å². The van der Waals surface area contributed by atoms with E-state index in [0.717, 1.165) is 16.0 Å². The maximum atomic E-state index is 13.3. The van der Waals surface area contributed by atoms with Gasteiger partial charge in [0.15, 0.2) is 11.5 Å². The van der Waals surface area contributed by atoms with Crippen molar-refractivity contribution in [2.75, 3.05) is 18.1 Å². The topological polar surface area (TPSA) is 111 Å². The quantitative estimate of drug-likeness (QED) is 0.192. The van der Waals surface area contributed by atoms with Gasteiger partial charge in [-0.15, -0.1) is 0 Å². The van der Waals surface area contributed by atoms with E-state index in [9.17, 15) is 19.2 Å². The van der Waals surface area contributed by atoms with Crippen molar-refractivity contribution < 1.29 is 33.4 Å². The molecule has 0 atom stereocenters. The molecule has 0 saturated carbocycles. The summed E-state index contributed by atoms with van der Waals surface area (Å²) in [5.74, 6) is -1.28. The van der Waals surface area contributed by atoms with Gasteiger partial charge in [-0.25, -0.2) is 14.5 Å². The second-order valence-corrected chi connectivity index (χ2v) is 9.62. The Morgan fingerprint density at radius 2 is 1.65 bits per heavy atom. The van der Waals surface area contributed by atoms with Crippen molar-refractivity contribution in [2.45, 2.75) is 27.4 Å². The molecular weight excluding hydrogens is 580 g/mol. The molecule has 0 radical (unpaired) electrons. The summed E-state index contributed by atoms with van der Waals surface area (Å²) in [4.78, 5) is 51.4. The third kappa shape index (κ3) is 6.40. The highest BCUT2D eigenvalue weighted by atomic mass is 79.9. The van der Waals surface area contributed by atoms with Crippen LogP contribution in [-0.4, -0.2) is 37.0 Å². The zero-order chi connectivity index (χ0) is 28.8. The highest BCUT2D eigenvalue weighted by Crippen LogP contribution is 2.38. The number of ether oxygens (including phenoxy) is 3. The van der Waals surface area contributed by atoms with E-state index in [4.69, 9.17) is 14.2 Å². The van der Waals surface area contributed by atoms with E-state index in [-0.39, 0.29) is 23.4 Å². The largest absolute Gasteiger partial charge is 0.490 e. The number of barbiturate groups is 1. The normalized spacial score (nSPS) is 14.2. The predicted molar refractivity (Wildman–Crippen MR) is 152 cm³/mol. The summed E-state index contributed by atoms with van der Waals surface area (Å²) in [6.45, 7) is 6.41. The Hall–Kier alpha value is -4.44. The third-order valence-electron chi connectivity index (χ3n) is 5.88. The van der Waals surface area contributed by atoms with Crippen molar-refractivity contribution in [3.63, 3.8) is 0 Å². The SMILES string of the molecule is CCOC(=O)c1ccc(N2C(=O)NC(=O)/C(=C\c3cc(Br)c(OCc4ccc(C)cc4)c(OCC)c3)C2=O)cc1. The van der Waals surface area contributed by atoms with Crippen LogP contribution in [0.2, 0.25) is 0 Å². The Morgan fingerprint density at radius 3 is 2.30 bits per heavy atom. The van der Waals surface area contributed by atoms with Gasteiger partial charge in [0.2, 0.25) is 0 Å². The number of esters is 1. The van der Waals surface area contributed by atoms with Gasteiger partial charge in [-0.05, 0) is 90.3 Å². The van der Waals surface area contributed by atoms with Crippen LogP contribution in [0.3, 0.4) is 0 Å². The van der Waals surface area contributed by atoms with Gasteiger partial charge >= 0.3 is 12.0 Å². The molecule has 9 nitrogen and oxygen atoms in total. The molecule has 1 heterocycles. The molecule has 1 fully saturated rings. The zero-order valence-corrected chi connectivity index (χ0v) is 23.7. The van der Waals surface area contributed by atoms with Crippen LogP contribution in [0.1, 0.15) is 40.9 Å². The lowest BCUT2D eigenvalue weighted by molar-refractivity contribution is -0.122. The second-order valence-electron chi connectivity index (χ2n) is 8.76. The summed E-state index contributed by atoms with van der Waals surface area (Å²) in [5.41, 5.74) is 2.80. The van der Waals surface area contributed by atoms with Gasteiger partial charge in [-0.1, -0.05) is 29.8 Å². The van der Waals surface area contributed by atoms with Gasteiger partial charge in [0, 0.05) is 0 Å². The number of amides is 4. The van der Waals surface area contributed by atoms with Crippen LogP contribution < -0.4 is 19.7 Å². The number of rotatable bonds is 9. The number of aryl methyl sites for hydroxylation is 1. The maximum absolute atomic E-state index is 13.3. The van der Waals surface area contributed by atoms with Crippen molar-refractivity contribution in [1.29, 1.82) is 0 Å². The molecule has 206 valence electrons. The minimum absolute atomic E-state index is 0.185. The molecule has 40 heavy (non-hydrogen) atoms. The average molecular weight is 607 g/mol. The lowest BCUT2D eigenvalue weighted by Gasteiger charge is -2.26. The molecule has 1 N–H and O–H groups in total. The minimum Gasteiger partial charge on any atom is -0.490 e. The monoisotopic (exact) mass is 606 g/mol. The number of hydrogen-bond acceptors (Lipinski definition) is 7. The molecule has 0 spiro atoms. The van der Waals surface area contributed by atoms with E-state index in [1.807, 2.05) is 38.1 Å². The number of imide groups is 2. The van der Waals surface area contributed by atoms with Crippen molar-refractivity contribution in [3.8, 4) is 11.5 Å². The van der Waals surface area contributed by atoms with Crippen LogP contribution in [0.4, 0.5) is 10.5 Å². The number of nitrogens with zero attached hydrogens (tertiary/aromatic N) is 1. The van der Waals surface area contributed by atoms with Gasteiger partial charge in [0.05, 0.1) is 28.9 Å². The number of urea groups is 1. The summed E-state index contributed by atoms with van der Waals surface area (Å²) in [6.07, 6.45) is 1.38. The summed E-state index contributed by atoms with van der Waals surface area (Å²) in [7, 11) is 0. The van der Waals surface area contributed by atoms with E-state index < -0.39 is 23.8 Å². The van der Waals surface area contributed by atoms with Gasteiger partial charge in [0.1, 0.15) is 12.2 Å². The molecule has 4 rings (SSSR count). The Morgan fingerprint density at radius 1 is 0.950 bits per heavy atom. The third-order valence-corrected chi connectivity index (χ3v) is 6.47. The van der Waals surface area contributed by atoms with E-state index in [1.165, 1.54) is 30.3 Å². The molecule has 1 saturated heterocycles. The Bertz CT molecular complexity index is 1480. The average Bonchev–Trinajstić information content (AvgIpc) is 2.92.